The molecule has 7 heteroatoms. The van der Waals surface area contributed by atoms with Crippen molar-refractivity contribution in [1.82, 2.24) is 4.98 Å². The van der Waals surface area contributed by atoms with Gasteiger partial charge >= 0.3 is 0 Å². The molecule has 0 spiro atoms. The van der Waals surface area contributed by atoms with Gasteiger partial charge in [0.1, 0.15) is 5.75 Å². The molecule has 1 heterocycles. The molecule has 0 aliphatic rings. The van der Waals surface area contributed by atoms with E-state index in [1.165, 1.54) is 11.3 Å². The van der Waals surface area contributed by atoms with Crippen LogP contribution < -0.4 is 10.1 Å². The van der Waals surface area contributed by atoms with Gasteiger partial charge in [-0.05, 0) is 52.3 Å². The van der Waals surface area contributed by atoms with Gasteiger partial charge in [-0.25, -0.2) is 4.98 Å². The summed E-state index contributed by atoms with van der Waals surface area (Å²) in [5, 5.41) is 3.97. The Labute approximate surface area is 144 Å². The highest BCUT2D eigenvalue weighted by molar-refractivity contribution is 9.10. The Morgan fingerprint density at radius 3 is 2.91 bits per heavy atom. The van der Waals surface area contributed by atoms with E-state index >= 15 is 0 Å². The lowest BCUT2D eigenvalue weighted by Gasteiger charge is -2.06. The maximum absolute atomic E-state index is 12.4. The highest BCUT2D eigenvalue weighted by Gasteiger charge is 2.14. The van der Waals surface area contributed by atoms with E-state index < -0.39 is 0 Å². The summed E-state index contributed by atoms with van der Waals surface area (Å²) in [5.74, 6) is 0.361. The summed E-state index contributed by atoms with van der Waals surface area (Å²) >= 11 is 10.7. The molecule has 0 unspecified atom stereocenters. The zero-order valence-corrected chi connectivity index (χ0v) is 14.6. The quantitative estimate of drug-likeness (QED) is 0.678. The number of carbonyl (C=O) groups excluding carboxylic acids is 1. The molecule has 1 aromatic heterocycles. The maximum Gasteiger partial charge on any atom is 0.258 e. The lowest BCUT2D eigenvalue weighted by Crippen LogP contribution is -2.12. The van der Waals surface area contributed by atoms with Crippen molar-refractivity contribution in [3.8, 4) is 5.75 Å². The molecule has 0 fully saturated rings. The number of halogens is 2. The van der Waals surface area contributed by atoms with Gasteiger partial charge in [0.2, 0.25) is 0 Å². The average molecular weight is 398 g/mol. The second kappa shape index (κ2) is 6.24. The third kappa shape index (κ3) is 3.09. The van der Waals surface area contributed by atoms with E-state index in [2.05, 4.69) is 26.2 Å². The molecule has 0 aliphatic carbocycles. The molecule has 0 atom stereocenters. The first-order valence-corrected chi connectivity index (χ1v) is 8.26. The van der Waals surface area contributed by atoms with Gasteiger partial charge < -0.3 is 4.74 Å². The maximum atomic E-state index is 12.4. The van der Waals surface area contributed by atoms with Gasteiger partial charge in [0.25, 0.3) is 5.91 Å². The second-order valence-electron chi connectivity index (χ2n) is 4.43. The van der Waals surface area contributed by atoms with Crippen LogP contribution in [0.3, 0.4) is 0 Å². The Kier molecular flexibility index (Phi) is 4.33. The Morgan fingerprint density at radius 1 is 1.32 bits per heavy atom. The zero-order chi connectivity index (χ0) is 15.7. The van der Waals surface area contributed by atoms with Crippen molar-refractivity contribution in [2.45, 2.75) is 0 Å². The standard InChI is InChI=1S/C15H10BrClN2O2S/c1-21-9-3-4-11(16)10(7-9)14(20)19-15-18-12-5-2-8(17)6-13(12)22-15/h2-7H,1H3,(H,18,19,20). The minimum atomic E-state index is -0.254. The van der Waals surface area contributed by atoms with Crippen molar-refractivity contribution in [3.63, 3.8) is 0 Å². The van der Waals surface area contributed by atoms with Gasteiger partial charge in [-0.1, -0.05) is 22.9 Å². The van der Waals surface area contributed by atoms with E-state index in [9.17, 15) is 4.79 Å². The molecular formula is C15H10BrClN2O2S. The summed E-state index contributed by atoms with van der Waals surface area (Å²) in [6.45, 7) is 0. The van der Waals surface area contributed by atoms with E-state index in [4.69, 9.17) is 16.3 Å². The van der Waals surface area contributed by atoms with Crippen molar-refractivity contribution in [2.24, 2.45) is 0 Å². The van der Waals surface area contributed by atoms with Crippen LogP contribution in [0.5, 0.6) is 5.75 Å². The number of fused-ring (bicyclic) bond motifs is 1. The molecule has 1 amide bonds. The van der Waals surface area contributed by atoms with Crippen LogP contribution in [0.15, 0.2) is 40.9 Å². The number of benzene rings is 2. The number of carbonyl (C=O) groups is 1. The molecule has 0 saturated heterocycles. The van der Waals surface area contributed by atoms with E-state index in [1.807, 2.05) is 12.1 Å². The van der Waals surface area contributed by atoms with Crippen LogP contribution in [0.25, 0.3) is 10.2 Å². The summed E-state index contributed by atoms with van der Waals surface area (Å²) in [6.07, 6.45) is 0. The van der Waals surface area contributed by atoms with Crippen LogP contribution in [0.1, 0.15) is 10.4 Å². The minimum absolute atomic E-state index is 0.254. The van der Waals surface area contributed by atoms with Gasteiger partial charge in [0.15, 0.2) is 5.13 Å². The summed E-state index contributed by atoms with van der Waals surface area (Å²) < 4.78 is 6.76. The fraction of sp³-hybridized carbons (Fsp3) is 0.0667. The number of amides is 1. The number of aromatic nitrogens is 1. The molecule has 2 aromatic carbocycles. The predicted molar refractivity (Wildman–Crippen MR) is 93.3 cm³/mol. The van der Waals surface area contributed by atoms with Gasteiger partial charge in [0, 0.05) is 9.50 Å². The van der Waals surface area contributed by atoms with Crippen LogP contribution in [0.2, 0.25) is 5.02 Å². The number of rotatable bonds is 3. The fourth-order valence-corrected chi connectivity index (χ4v) is 3.49. The van der Waals surface area contributed by atoms with Crippen molar-refractivity contribution < 1.29 is 9.53 Å². The number of hydrogen-bond acceptors (Lipinski definition) is 4. The SMILES string of the molecule is COc1ccc(Br)c(C(=O)Nc2nc3ccc(Cl)cc3s2)c1. The van der Waals surface area contributed by atoms with E-state index in [-0.39, 0.29) is 5.91 Å². The number of thiazole rings is 1. The first-order valence-electron chi connectivity index (χ1n) is 6.28. The third-order valence-corrected chi connectivity index (χ3v) is 4.85. The number of ether oxygens (including phenoxy) is 1. The Hall–Kier alpha value is -1.63. The normalized spacial score (nSPS) is 10.7. The van der Waals surface area contributed by atoms with Gasteiger partial charge in [-0.2, -0.15) is 0 Å². The number of anilines is 1. The van der Waals surface area contributed by atoms with Crippen LogP contribution >= 0.6 is 38.9 Å². The highest BCUT2D eigenvalue weighted by Crippen LogP contribution is 2.29. The summed E-state index contributed by atoms with van der Waals surface area (Å²) in [7, 11) is 1.56. The lowest BCUT2D eigenvalue weighted by atomic mass is 10.2. The van der Waals surface area contributed by atoms with Crippen molar-refractivity contribution in [1.29, 1.82) is 0 Å². The van der Waals surface area contributed by atoms with Crippen LogP contribution in [-0.4, -0.2) is 18.0 Å². The molecular weight excluding hydrogens is 388 g/mol. The molecule has 112 valence electrons. The largest absolute Gasteiger partial charge is 0.497 e. The van der Waals surface area contributed by atoms with E-state index in [0.717, 1.165) is 10.2 Å². The molecule has 3 aromatic rings. The van der Waals surface area contributed by atoms with Gasteiger partial charge in [-0.3, -0.25) is 10.1 Å². The summed E-state index contributed by atoms with van der Waals surface area (Å²) in [5.41, 5.74) is 1.28. The molecule has 1 N–H and O–H groups in total. The smallest absolute Gasteiger partial charge is 0.258 e. The lowest BCUT2D eigenvalue weighted by molar-refractivity contribution is 0.102. The van der Waals surface area contributed by atoms with Crippen molar-refractivity contribution >= 4 is 60.1 Å². The van der Waals surface area contributed by atoms with Gasteiger partial charge in [-0.15, -0.1) is 0 Å². The number of nitrogens with one attached hydrogen (secondary N) is 1. The third-order valence-electron chi connectivity index (χ3n) is 2.99. The van der Waals surface area contributed by atoms with Crippen LogP contribution in [-0.2, 0) is 0 Å². The zero-order valence-electron chi connectivity index (χ0n) is 11.4. The summed E-state index contributed by atoms with van der Waals surface area (Å²) in [6, 6.07) is 10.6. The molecule has 4 nitrogen and oxygen atoms in total. The number of methoxy groups -OCH3 is 1. The van der Waals surface area contributed by atoms with Crippen molar-refractivity contribution in [2.75, 3.05) is 12.4 Å². The molecule has 3 rings (SSSR count). The molecule has 0 bridgehead atoms. The predicted octanol–water partition coefficient (Wildman–Crippen LogP) is 4.97. The molecule has 0 saturated carbocycles. The minimum Gasteiger partial charge on any atom is -0.497 e. The summed E-state index contributed by atoms with van der Waals surface area (Å²) in [4.78, 5) is 16.8. The first-order chi connectivity index (χ1) is 10.6. The number of nitrogens with zero attached hydrogens (tertiary/aromatic N) is 1. The molecule has 0 radical (unpaired) electrons. The van der Waals surface area contributed by atoms with Crippen LogP contribution in [0.4, 0.5) is 5.13 Å². The Morgan fingerprint density at radius 2 is 2.14 bits per heavy atom. The van der Waals surface area contributed by atoms with E-state index in [1.54, 1.807) is 31.4 Å². The van der Waals surface area contributed by atoms with E-state index in [0.29, 0.717) is 25.9 Å². The van der Waals surface area contributed by atoms with Crippen molar-refractivity contribution in [3.05, 3.63) is 51.5 Å². The topological polar surface area (TPSA) is 51.2 Å². The molecule has 22 heavy (non-hydrogen) atoms. The average Bonchev–Trinajstić information content (AvgIpc) is 2.88. The van der Waals surface area contributed by atoms with Crippen LogP contribution in [0, 0.1) is 0 Å². The Bertz CT molecular complexity index is 866. The first kappa shape index (κ1) is 15.3. The fourth-order valence-electron chi connectivity index (χ4n) is 1.92. The molecule has 0 aliphatic heterocycles. The second-order valence-corrected chi connectivity index (χ2v) is 6.75. The monoisotopic (exact) mass is 396 g/mol. The Balaban J connectivity index is 1.89. The number of hydrogen-bond donors (Lipinski definition) is 1. The highest BCUT2D eigenvalue weighted by atomic mass is 79.9. The van der Waals surface area contributed by atoms with Gasteiger partial charge in [0.05, 0.1) is 22.9 Å².